The lowest BCUT2D eigenvalue weighted by molar-refractivity contribution is 1.18. The summed E-state index contributed by atoms with van der Waals surface area (Å²) < 4.78 is 2.32. The lowest BCUT2D eigenvalue weighted by atomic mass is 10.1. The van der Waals surface area contributed by atoms with Crippen molar-refractivity contribution in [2.24, 2.45) is 0 Å². The van der Waals surface area contributed by atoms with E-state index in [4.69, 9.17) is 0 Å². The van der Waals surface area contributed by atoms with E-state index < -0.39 is 0 Å². The highest BCUT2D eigenvalue weighted by atomic mass is 15.0. The van der Waals surface area contributed by atoms with Gasteiger partial charge in [0, 0.05) is 28.0 Å². The lowest BCUT2D eigenvalue weighted by Crippen LogP contribution is -1.94. The Balaban J connectivity index is 2.10. The minimum absolute atomic E-state index is 1.05. The zero-order valence-electron chi connectivity index (χ0n) is 12.5. The molecule has 5 aromatic rings. The van der Waals surface area contributed by atoms with Crippen LogP contribution >= 0.6 is 0 Å². The molecule has 0 bridgehead atoms. The number of benzene rings is 3. The van der Waals surface area contributed by atoms with Gasteiger partial charge in [-0.25, -0.2) is 0 Å². The average Bonchev–Trinajstić information content (AvgIpc) is 2.97. The van der Waals surface area contributed by atoms with Gasteiger partial charge in [-0.1, -0.05) is 54.6 Å². The monoisotopic (exact) mass is 294 g/mol. The van der Waals surface area contributed by atoms with E-state index in [1.807, 2.05) is 18.3 Å². The van der Waals surface area contributed by atoms with Crippen LogP contribution in [0.4, 0.5) is 0 Å². The fourth-order valence-corrected chi connectivity index (χ4v) is 3.44. The summed E-state index contributed by atoms with van der Waals surface area (Å²) in [7, 11) is 0. The van der Waals surface area contributed by atoms with Crippen LogP contribution in [0.5, 0.6) is 0 Å². The van der Waals surface area contributed by atoms with Crippen LogP contribution in [0.1, 0.15) is 0 Å². The van der Waals surface area contributed by atoms with Crippen molar-refractivity contribution in [3.63, 3.8) is 0 Å². The topological polar surface area (TPSA) is 17.8 Å². The Labute approximate surface area is 133 Å². The molecule has 0 N–H and O–H groups in total. The highest BCUT2D eigenvalue weighted by Gasteiger charge is 2.14. The van der Waals surface area contributed by atoms with Gasteiger partial charge in [0.25, 0.3) is 0 Å². The molecule has 23 heavy (non-hydrogen) atoms. The first-order valence-corrected chi connectivity index (χ1v) is 7.76. The summed E-state index contributed by atoms with van der Waals surface area (Å²) in [5.41, 5.74) is 4.60. The third-order valence-corrected chi connectivity index (χ3v) is 4.42. The molecule has 0 radical (unpaired) electrons. The summed E-state index contributed by atoms with van der Waals surface area (Å²) in [5.74, 6) is 0. The van der Waals surface area contributed by atoms with Crippen LogP contribution in [0.15, 0.2) is 85.1 Å². The van der Waals surface area contributed by atoms with Crippen molar-refractivity contribution in [1.29, 1.82) is 0 Å². The van der Waals surface area contributed by atoms with Gasteiger partial charge in [-0.05, 0) is 24.3 Å². The molecule has 0 aliphatic rings. The molecule has 0 amide bonds. The number of para-hydroxylation sites is 2. The van der Waals surface area contributed by atoms with Gasteiger partial charge in [-0.3, -0.25) is 4.98 Å². The molecule has 3 aromatic carbocycles. The maximum Gasteiger partial charge on any atom is 0.0948 e. The first kappa shape index (κ1) is 12.4. The molecule has 0 aliphatic heterocycles. The molecular formula is C21H14N2. The smallest absolute Gasteiger partial charge is 0.0948 e. The number of hydrogen-bond donors (Lipinski definition) is 0. The van der Waals surface area contributed by atoms with Gasteiger partial charge in [0.15, 0.2) is 0 Å². The molecular weight excluding hydrogens is 280 g/mol. The average molecular weight is 294 g/mol. The summed E-state index contributed by atoms with van der Waals surface area (Å²) in [4.78, 5) is 4.67. The Morgan fingerprint density at radius 2 is 1.48 bits per heavy atom. The van der Waals surface area contributed by atoms with Crippen LogP contribution in [-0.2, 0) is 0 Å². The van der Waals surface area contributed by atoms with Crippen molar-refractivity contribution >= 4 is 32.7 Å². The molecule has 2 nitrogen and oxygen atoms in total. The van der Waals surface area contributed by atoms with Crippen molar-refractivity contribution in [3.8, 4) is 5.69 Å². The molecule has 0 unspecified atom stereocenters. The molecule has 2 heterocycles. The van der Waals surface area contributed by atoms with Gasteiger partial charge in [-0.2, -0.15) is 0 Å². The highest BCUT2D eigenvalue weighted by Crippen LogP contribution is 2.35. The Morgan fingerprint density at radius 3 is 2.39 bits per heavy atom. The second kappa shape index (κ2) is 4.68. The van der Waals surface area contributed by atoms with Crippen molar-refractivity contribution in [1.82, 2.24) is 9.55 Å². The fraction of sp³-hybridized carbons (Fsp3) is 0. The second-order valence-electron chi connectivity index (χ2n) is 5.72. The number of pyridine rings is 1. The summed E-state index contributed by atoms with van der Waals surface area (Å²) in [6.45, 7) is 0. The largest absolute Gasteiger partial charge is 0.307 e. The van der Waals surface area contributed by atoms with Crippen molar-refractivity contribution in [3.05, 3.63) is 85.1 Å². The van der Waals surface area contributed by atoms with E-state index >= 15 is 0 Å². The number of hydrogen-bond acceptors (Lipinski definition) is 1. The molecule has 0 saturated carbocycles. The second-order valence-corrected chi connectivity index (χ2v) is 5.72. The molecule has 108 valence electrons. The van der Waals surface area contributed by atoms with E-state index in [-0.39, 0.29) is 0 Å². The van der Waals surface area contributed by atoms with Gasteiger partial charge in [0.2, 0.25) is 0 Å². The van der Waals surface area contributed by atoms with Gasteiger partial charge >= 0.3 is 0 Å². The predicted octanol–water partition coefficient (Wildman–Crippen LogP) is 5.33. The summed E-state index contributed by atoms with van der Waals surface area (Å²) in [5, 5.41) is 3.68. The molecule has 0 spiro atoms. The minimum atomic E-state index is 1.05. The quantitative estimate of drug-likeness (QED) is 0.408. The number of aromatic nitrogens is 2. The van der Waals surface area contributed by atoms with Crippen molar-refractivity contribution in [2.45, 2.75) is 0 Å². The minimum Gasteiger partial charge on any atom is -0.307 e. The molecule has 0 aliphatic carbocycles. The molecule has 5 rings (SSSR count). The maximum atomic E-state index is 4.67. The van der Waals surface area contributed by atoms with Crippen LogP contribution in [0.3, 0.4) is 0 Å². The van der Waals surface area contributed by atoms with Crippen molar-refractivity contribution < 1.29 is 0 Å². The fourth-order valence-electron chi connectivity index (χ4n) is 3.44. The van der Waals surface area contributed by atoms with E-state index in [9.17, 15) is 0 Å². The molecule has 0 atom stereocenters. The Hall–Kier alpha value is -3.13. The van der Waals surface area contributed by atoms with Gasteiger partial charge in [0.05, 0.1) is 16.6 Å². The van der Waals surface area contributed by atoms with Crippen molar-refractivity contribution in [2.75, 3.05) is 0 Å². The standard InChI is InChI=1S/C21H14N2/c1-2-8-16(9-3-1)23-19-11-5-4-10-17(19)18-13-12-15-7-6-14-22-20(15)21(18)23/h1-14H. The first-order valence-electron chi connectivity index (χ1n) is 7.76. The third kappa shape index (κ3) is 1.72. The molecule has 0 fully saturated rings. The normalized spacial score (nSPS) is 11.5. The highest BCUT2D eigenvalue weighted by molar-refractivity contribution is 6.17. The Bertz CT molecular complexity index is 1150. The van der Waals surface area contributed by atoms with Gasteiger partial charge in [-0.15, -0.1) is 0 Å². The molecule has 0 saturated heterocycles. The van der Waals surface area contributed by atoms with Crippen LogP contribution in [0, 0.1) is 0 Å². The Morgan fingerprint density at radius 1 is 0.652 bits per heavy atom. The number of fused-ring (bicyclic) bond motifs is 5. The van der Waals surface area contributed by atoms with E-state index in [1.165, 1.54) is 27.2 Å². The Kier molecular flexibility index (Phi) is 2.53. The number of nitrogens with zero attached hydrogens (tertiary/aromatic N) is 2. The zero-order chi connectivity index (χ0) is 15.2. The van der Waals surface area contributed by atoms with Gasteiger partial charge in [0.1, 0.15) is 0 Å². The van der Waals surface area contributed by atoms with Gasteiger partial charge < -0.3 is 4.57 Å². The number of rotatable bonds is 1. The van der Waals surface area contributed by atoms with E-state index in [0.29, 0.717) is 0 Å². The van der Waals surface area contributed by atoms with Crippen LogP contribution in [0.25, 0.3) is 38.4 Å². The van der Waals surface area contributed by atoms with E-state index in [1.54, 1.807) is 0 Å². The molecule has 2 aromatic heterocycles. The van der Waals surface area contributed by atoms with Crippen LogP contribution < -0.4 is 0 Å². The zero-order valence-corrected chi connectivity index (χ0v) is 12.5. The first-order chi connectivity index (χ1) is 11.4. The summed E-state index contributed by atoms with van der Waals surface area (Å²) in [6.07, 6.45) is 1.87. The van der Waals surface area contributed by atoms with E-state index in [2.05, 4.69) is 76.3 Å². The molecule has 2 heteroatoms. The van der Waals surface area contributed by atoms with Crippen LogP contribution in [0.2, 0.25) is 0 Å². The third-order valence-electron chi connectivity index (χ3n) is 4.42. The van der Waals surface area contributed by atoms with E-state index in [0.717, 1.165) is 11.2 Å². The SMILES string of the molecule is c1ccc(-n2c3ccccc3c3ccc4cccnc4c32)cc1. The maximum absolute atomic E-state index is 4.67. The lowest BCUT2D eigenvalue weighted by Gasteiger charge is -2.08. The van der Waals surface area contributed by atoms with Crippen LogP contribution in [-0.4, -0.2) is 9.55 Å². The predicted molar refractivity (Wildman–Crippen MR) is 96.1 cm³/mol. The summed E-state index contributed by atoms with van der Waals surface area (Å²) in [6, 6.07) is 27.5. The summed E-state index contributed by atoms with van der Waals surface area (Å²) >= 11 is 0.